The molecule has 4 nitrogen and oxygen atoms in total. The minimum Gasteiger partial charge on any atom is -0.494 e. The monoisotopic (exact) mass is 283 g/mol. The summed E-state index contributed by atoms with van der Waals surface area (Å²) in [5.41, 5.74) is 8.07. The molecule has 0 bridgehead atoms. The molecule has 0 N–H and O–H groups in total. The number of rotatable bonds is 7. The van der Waals surface area contributed by atoms with Gasteiger partial charge in [-0.05, 0) is 43.0 Å². The van der Waals surface area contributed by atoms with Crippen molar-refractivity contribution in [3.8, 4) is 5.75 Å². The molecule has 5 heteroatoms. The summed E-state index contributed by atoms with van der Waals surface area (Å²) in [6.07, 6.45) is 2.92. The highest BCUT2D eigenvalue weighted by Crippen LogP contribution is 2.17. The molecule has 1 rings (SSSR count). The topological polar surface area (TPSA) is 58.0 Å². The molecule has 0 aliphatic rings. The Morgan fingerprint density at radius 3 is 2.94 bits per heavy atom. The maximum Gasteiger partial charge on any atom is 0.120 e. The van der Waals surface area contributed by atoms with Gasteiger partial charge in [0.1, 0.15) is 5.75 Å². The summed E-state index contributed by atoms with van der Waals surface area (Å²) in [7, 11) is 0. The molecule has 0 fully saturated rings. The Labute approximate surface area is 103 Å². The predicted molar refractivity (Wildman–Crippen MR) is 67.5 cm³/mol. The molecule has 0 radical (unpaired) electrons. The van der Waals surface area contributed by atoms with Gasteiger partial charge in [0.15, 0.2) is 0 Å². The molecule has 0 saturated carbocycles. The van der Waals surface area contributed by atoms with Crippen LogP contribution >= 0.6 is 15.9 Å². The van der Waals surface area contributed by atoms with Crippen LogP contribution in [-0.4, -0.2) is 13.2 Å². The van der Waals surface area contributed by atoms with Crippen molar-refractivity contribution >= 4 is 15.9 Å². The van der Waals surface area contributed by atoms with Crippen molar-refractivity contribution in [2.24, 2.45) is 5.11 Å². The number of hydrogen-bond donors (Lipinski definition) is 0. The Morgan fingerprint density at radius 1 is 1.31 bits per heavy atom. The first-order chi connectivity index (χ1) is 7.83. The average molecular weight is 284 g/mol. The number of azide groups is 1. The van der Waals surface area contributed by atoms with Gasteiger partial charge >= 0.3 is 0 Å². The molecule has 1 aromatic carbocycles. The largest absolute Gasteiger partial charge is 0.494 e. The lowest BCUT2D eigenvalue weighted by molar-refractivity contribution is 0.305. The van der Waals surface area contributed by atoms with Gasteiger partial charge in [-0.2, -0.15) is 0 Å². The molecule has 0 aromatic heterocycles. The minimum absolute atomic E-state index is 0.577. The van der Waals surface area contributed by atoms with Gasteiger partial charge < -0.3 is 4.74 Å². The molecule has 1 aromatic rings. The molecule has 86 valence electrons. The molecule has 16 heavy (non-hydrogen) atoms. The first kappa shape index (κ1) is 12.9. The van der Waals surface area contributed by atoms with E-state index in [4.69, 9.17) is 10.3 Å². The molecule has 0 spiro atoms. The van der Waals surface area contributed by atoms with E-state index >= 15 is 0 Å². The van der Waals surface area contributed by atoms with Crippen LogP contribution in [0.3, 0.4) is 0 Å². The van der Waals surface area contributed by atoms with E-state index in [1.165, 1.54) is 0 Å². The first-order valence-corrected chi connectivity index (χ1v) is 6.01. The van der Waals surface area contributed by atoms with Crippen LogP contribution in [0.5, 0.6) is 5.75 Å². The van der Waals surface area contributed by atoms with E-state index < -0.39 is 0 Å². The summed E-state index contributed by atoms with van der Waals surface area (Å²) in [6.45, 7) is 1.28. The van der Waals surface area contributed by atoms with Gasteiger partial charge in [0.25, 0.3) is 0 Å². The maximum atomic E-state index is 8.07. The third kappa shape index (κ3) is 5.63. The summed E-state index contributed by atoms with van der Waals surface area (Å²) in [4.78, 5) is 2.70. The van der Waals surface area contributed by atoms with Crippen LogP contribution in [0.1, 0.15) is 19.3 Å². The zero-order valence-electron chi connectivity index (χ0n) is 8.97. The van der Waals surface area contributed by atoms with Crippen molar-refractivity contribution in [3.63, 3.8) is 0 Å². The minimum atomic E-state index is 0.577. The lowest BCUT2D eigenvalue weighted by Crippen LogP contribution is -1.97. The number of halogens is 1. The lowest BCUT2D eigenvalue weighted by Gasteiger charge is -2.05. The van der Waals surface area contributed by atoms with Crippen LogP contribution in [-0.2, 0) is 0 Å². The van der Waals surface area contributed by atoms with E-state index in [0.29, 0.717) is 13.2 Å². The molecule has 0 saturated heterocycles. The van der Waals surface area contributed by atoms with Crippen LogP contribution in [0.25, 0.3) is 10.4 Å². The molecule has 0 amide bonds. The van der Waals surface area contributed by atoms with Gasteiger partial charge in [0, 0.05) is 15.9 Å². The second kappa shape index (κ2) is 8.02. The lowest BCUT2D eigenvalue weighted by atomic mass is 10.2. The fourth-order valence-corrected chi connectivity index (χ4v) is 1.63. The summed E-state index contributed by atoms with van der Waals surface area (Å²) < 4.78 is 6.58. The molecular weight excluding hydrogens is 270 g/mol. The van der Waals surface area contributed by atoms with Gasteiger partial charge in [-0.3, -0.25) is 0 Å². The van der Waals surface area contributed by atoms with Gasteiger partial charge in [0.2, 0.25) is 0 Å². The fourth-order valence-electron chi connectivity index (χ4n) is 1.25. The Morgan fingerprint density at radius 2 is 2.19 bits per heavy atom. The third-order valence-electron chi connectivity index (χ3n) is 2.03. The van der Waals surface area contributed by atoms with E-state index in [-0.39, 0.29) is 0 Å². The van der Waals surface area contributed by atoms with E-state index in [1.54, 1.807) is 0 Å². The summed E-state index contributed by atoms with van der Waals surface area (Å²) in [5.74, 6) is 0.879. The first-order valence-electron chi connectivity index (χ1n) is 5.22. The van der Waals surface area contributed by atoms with Crippen LogP contribution in [0.4, 0.5) is 0 Å². The maximum absolute atomic E-state index is 8.07. The molecule has 0 unspecified atom stereocenters. The van der Waals surface area contributed by atoms with Crippen molar-refractivity contribution in [2.75, 3.05) is 13.2 Å². The third-order valence-corrected chi connectivity index (χ3v) is 2.52. The van der Waals surface area contributed by atoms with Crippen molar-refractivity contribution < 1.29 is 4.74 Å². The molecule has 0 atom stereocenters. The smallest absolute Gasteiger partial charge is 0.120 e. The number of unbranched alkanes of at least 4 members (excludes halogenated alkanes) is 2. The Balaban J connectivity index is 2.09. The predicted octanol–water partition coefficient (Wildman–Crippen LogP) is 4.31. The average Bonchev–Trinajstić information content (AvgIpc) is 2.28. The molecule has 0 heterocycles. The van der Waals surface area contributed by atoms with Crippen molar-refractivity contribution in [1.29, 1.82) is 0 Å². The van der Waals surface area contributed by atoms with E-state index in [0.717, 1.165) is 29.5 Å². The normalized spacial score (nSPS) is 9.56. The zero-order valence-corrected chi connectivity index (χ0v) is 10.6. The van der Waals surface area contributed by atoms with Crippen LogP contribution in [0, 0.1) is 0 Å². The second-order valence-electron chi connectivity index (χ2n) is 3.32. The zero-order chi connectivity index (χ0) is 11.6. The quantitative estimate of drug-likeness (QED) is 0.318. The van der Waals surface area contributed by atoms with Gasteiger partial charge in [0.05, 0.1) is 6.61 Å². The molecule has 0 aliphatic carbocycles. The number of ether oxygens (including phenoxy) is 1. The van der Waals surface area contributed by atoms with Crippen molar-refractivity contribution in [1.82, 2.24) is 0 Å². The van der Waals surface area contributed by atoms with Crippen molar-refractivity contribution in [2.45, 2.75) is 19.3 Å². The highest BCUT2D eigenvalue weighted by atomic mass is 79.9. The van der Waals surface area contributed by atoms with Crippen molar-refractivity contribution in [3.05, 3.63) is 39.2 Å². The van der Waals surface area contributed by atoms with E-state index in [2.05, 4.69) is 26.0 Å². The Kier molecular flexibility index (Phi) is 6.45. The standard InChI is InChI=1S/C11H14BrN3O/c12-10-5-4-6-11(9-10)16-8-3-1-2-7-14-15-13/h4-6,9H,1-3,7-8H2. The van der Waals surface area contributed by atoms with Crippen LogP contribution in [0.15, 0.2) is 33.9 Å². The Hall–Kier alpha value is -1.19. The van der Waals surface area contributed by atoms with Crippen LogP contribution in [0.2, 0.25) is 0 Å². The highest BCUT2D eigenvalue weighted by molar-refractivity contribution is 9.10. The van der Waals surface area contributed by atoms with E-state index in [9.17, 15) is 0 Å². The van der Waals surface area contributed by atoms with Gasteiger partial charge in [-0.1, -0.05) is 27.1 Å². The fraction of sp³-hybridized carbons (Fsp3) is 0.455. The Bertz CT molecular complexity index is 364. The molecular formula is C11H14BrN3O. The number of benzene rings is 1. The summed E-state index contributed by atoms with van der Waals surface area (Å²) in [5, 5.41) is 3.47. The van der Waals surface area contributed by atoms with Gasteiger partial charge in [-0.15, -0.1) is 0 Å². The summed E-state index contributed by atoms with van der Waals surface area (Å²) in [6, 6.07) is 7.79. The van der Waals surface area contributed by atoms with Gasteiger partial charge in [-0.25, -0.2) is 0 Å². The molecule has 0 aliphatic heterocycles. The van der Waals surface area contributed by atoms with E-state index in [1.807, 2.05) is 24.3 Å². The highest BCUT2D eigenvalue weighted by Gasteiger charge is 1.94. The van der Waals surface area contributed by atoms with Crippen LogP contribution < -0.4 is 4.74 Å². The number of hydrogen-bond acceptors (Lipinski definition) is 2. The summed E-state index contributed by atoms with van der Waals surface area (Å²) >= 11 is 3.39. The number of nitrogens with zero attached hydrogens (tertiary/aromatic N) is 3. The second-order valence-corrected chi connectivity index (χ2v) is 4.24. The SMILES string of the molecule is [N-]=[N+]=NCCCCCOc1cccc(Br)c1.